The van der Waals surface area contributed by atoms with Gasteiger partial charge < -0.3 is 5.32 Å². The normalized spacial score (nSPS) is 18.7. The number of benzene rings is 1. The second kappa shape index (κ2) is 4.53. The van der Waals surface area contributed by atoms with Crippen molar-refractivity contribution in [1.82, 2.24) is 20.5 Å². The lowest BCUT2D eigenvalue weighted by molar-refractivity contribution is 0.320. The number of aromatic nitrogens is 3. The first-order chi connectivity index (χ1) is 8.78. The topological polar surface area (TPSA) is 53.6 Å². The Morgan fingerprint density at radius 1 is 1.11 bits per heavy atom. The van der Waals surface area contributed by atoms with Crippen LogP contribution >= 0.6 is 0 Å². The number of hydrogen-bond acceptors (Lipinski definition) is 3. The highest BCUT2D eigenvalue weighted by atomic mass is 15.2. The first kappa shape index (κ1) is 11.4. The molecule has 0 unspecified atom stereocenters. The number of nitrogens with zero attached hydrogens (tertiary/aromatic N) is 2. The van der Waals surface area contributed by atoms with Crippen LogP contribution in [0.5, 0.6) is 0 Å². The van der Waals surface area contributed by atoms with Gasteiger partial charge in [0, 0.05) is 11.0 Å². The average molecular weight is 242 g/mol. The summed E-state index contributed by atoms with van der Waals surface area (Å²) in [4.78, 5) is 4.68. The molecule has 1 aromatic carbocycles. The Kier molecular flexibility index (Phi) is 2.88. The molecule has 18 heavy (non-hydrogen) atoms. The third-order valence-corrected chi connectivity index (χ3v) is 3.80. The van der Waals surface area contributed by atoms with Crippen LogP contribution in [-0.2, 0) is 5.41 Å². The molecule has 0 atom stereocenters. The summed E-state index contributed by atoms with van der Waals surface area (Å²) in [5.41, 5.74) is 1.20. The second-order valence-electron chi connectivity index (χ2n) is 5.18. The fourth-order valence-electron chi connectivity index (χ4n) is 2.46. The van der Waals surface area contributed by atoms with Gasteiger partial charge in [0.1, 0.15) is 5.82 Å². The minimum absolute atomic E-state index is 0.130. The van der Waals surface area contributed by atoms with Crippen molar-refractivity contribution < 1.29 is 0 Å². The molecule has 2 heterocycles. The standard InChI is InChI=1S/C14H18N4/c1-14(7-9-15-10-8-14)13-16-12(17-18-13)11-5-3-2-4-6-11/h2-6,15H,7-10H2,1H3,(H,16,17,18). The summed E-state index contributed by atoms with van der Waals surface area (Å²) in [6, 6.07) is 10.1. The van der Waals surface area contributed by atoms with Crippen LogP contribution in [0.3, 0.4) is 0 Å². The third-order valence-electron chi connectivity index (χ3n) is 3.80. The molecule has 4 nitrogen and oxygen atoms in total. The molecule has 4 heteroatoms. The summed E-state index contributed by atoms with van der Waals surface area (Å²) in [7, 11) is 0. The Balaban J connectivity index is 1.89. The van der Waals surface area contributed by atoms with E-state index in [0.29, 0.717) is 0 Å². The van der Waals surface area contributed by atoms with E-state index in [1.807, 2.05) is 30.3 Å². The van der Waals surface area contributed by atoms with Gasteiger partial charge in [0.15, 0.2) is 5.82 Å². The van der Waals surface area contributed by atoms with E-state index < -0.39 is 0 Å². The first-order valence-corrected chi connectivity index (χ1v) is 6.47. The minimum atomic E-state index is 0.130. The van der Waals surface area contributed by atoms with E-state index in [1.165, 1.54) is 0 Å². The van der Waals surface area contributed by atoms with Gasteiger partial charge in [0.2, 0.25) is 0 Å². The molecule has 1 saturated heterocycles. The number of piperidine rings is 1. The molecule has 94 valence electrons. The lowest BCUT2D eigenvalue weighted by Crippen LogP contribution is -2.38. The Morgan fingerprint density at radius 2 is 1.83 bits per heavy atom. The van der Waals surface area contributed by atoms with E-state index >= 15 is 0 Å². The summed E-state index contributed by atoms with van der Waals surface area (Å²) < 4.78 is 0. The molecule has 1 aromatic heterocycles. The molecule has 1 aliphatic heterocycles. The van der Waals surface area contributed by atoms with Crippen LogP contribution in [0.25, 0.3) is 11.4 Å². The van der Waals surface area contributed by atoms with Gasteiger partial charge in [-0.05, 0) is 25.9 Å². The van der Waals surface area contributed by atoms with Gasteiger partial charge in [-0.3, -0.25) is 5.10 Å². The molecule has 0 saturated carbocycles. The van der Waals surface area contributed by atoms with Crippen LogP contribution in [0.2, 0.25) is 0 Å². The minimum Gasteiger partial charge on any atom is -0.317 e. The van der Waals surface area contributed by atoms with Gasteiger partial charge in [0.05, 0.1) is 0 Å². The predicted octanol–water partition coefficient (Wildman–Crippen LogP) is 2.11. The molecule has 0 spiro atoms. The van der Waals surface area contributed by atoms with Crippen LogP contribution in [0.1, 0.15) is 25.6 Å². The summed E-state index contributed by atoms with van der Waals surface area (Å²) in [6.07, 6.45) is 2.22. The van der Waals surface area contributed by atoms with Crippen LogP contribution < -0.4 is 5.32 Å². The molecule has 2 aromatic rings. The van der Waals surface area contributed by atoms with Gasteiger partial charge >= 0.3 is 0 Å². The predicted molar refractivity (Wildman–Crippen MR) is 71.3 cm³/mol. The summed E-state index contributed by atoms with van der Waals surface area (Å²) >= 11 is 0. The van der Waals surface area contributed by atoms with Crippen molar-refractivity contribution in [1.29, 1.82) is 0 Å². The maximum atomic E-state index is 4.68. The number of hydrogen-bond donors (Lipinski definition) is 2. The monoisotopic (exact) mass is 242 g/mol. The molecule has 1 aliphatic rings. The zero-order valence-electron chi connectivity index (χ0n) is 10.6. The molecular formula is C14H18N4. The van der Waals surface area contributed by atoms with Gasteiger partial charge in [0.25, 0.3) is 0 Å². The Morgan fingerprint density at radius 3 is 2.56 bits per heavy atom. The molecule has 0 amide bonds. The van der Waals surface area contributed by atoms with Crippen LogP contribution in [0, 0.1) is 0 Å². The van der Waals surface area contributed by atoms with Crippen LogP contribution in [0.15, 0.2) is 30.3 Å². The van der Waals surface area contributed by atoms with Crippen molar-refractivity contribution in [2.45, 2.75) is 25.2 Å². The fourth-order valence-corrected chi connectivity index (χ4v) is 2.46. The van der Waals surface area contributed by atoms with Crippen molar-refractivity contribution in [2.24, 2.45) is 0 Å². The highest BCUT2D eigenvalue weighted by Crippen LogP contribution is 2.31. The van der Waals surface area contributed by atoms with E-state index in [9.17, 15) is 0 Å². The Labute approximate surface area is 107 Å². The maximum absolute atomic E-state index is 4.68. The lowest BCUT2D eigenvalue weighted by Gasteiger charge is -2.31. The molecule has 3 rings (SSSR count). The van der Waals surface area contributed by atoms with E-state index in [1.54, 1.807) is 0 Å². The quantitative estimate of drug-likeness (QED) is 0.848. The SMILES string of the molecule is CC1(c2nc(-c3ccccc3)n[nH]2)CCNCC1. The zero-order valence-corrected chi connectivity index (χ0v) is 10.6. The number of H-pyrrole nitrogens is 1. The second-order valence-corrected chi connectivity index (χ2v) is 5.18. The highest BCUT2D eigenvalue weighted by Gasteiger charge is 2.32. The highest BCUT2D eigenvalue weighted by molar-refractivity contribution is 5.54. The summed E-state index contributed by atoms with van der Waals surface area (Å²) in [5.74, 6) is 1.81. The van der Waals surface area contributed by atoms with Gasteiger partial charge in [-0.15, -0.1) is 0 Å². The van der Waals surface area contributed by atoms with Crippen LogP contribution in [0.4, 0.5) is 0 Å². The number of rotatable bonds is 2. The largest absolute Gasteiger partial charge is 0.317 e. The van der Waals surface area contributed by atoms with E-state index in [0.717, 1.165) is 43.1 Å². The lowest BCUT2D eigenvalue weighted by atomic mass is 9.80. The van der Waals surface area contributed by atoms with Crippen LogP contribution in [-0.4, -0.2) is 28.3 Å². The van der Waals surface area contributed by atoms with E-state index in [4.69, 9.17) is 0 Å². The number of aromatic amines is 1. The van der Waals surface area contributed by atoms with Gasteiger partial charge in [-0.1, -0.05) is 37.3 Å². The molecule has 0 radical (unpaired) electrons. The van der Waals surface area contributed by atoms with Crippen molar-refractivity contribution in [3.8, 4) is 11.4 Å². The summed E-state index contributed by atoms with van der Waals surface area (Å²) in [5, 5.41) is 10.9. The Hall–Kier alpha value is -1.68. The van der Waals surface area contributed by atoms with Gasteiger partial charge in [-0.25, -0.2) is 4.98 Å². The molecule has 0 aliphatic carbocycles. The molecular weight excluding hydrogens is 224 g/mol. The number of nitrogens with one attached hydrogen (secondary N) is 2. The van der Waals surface area contributed by atoms with Gasteiger partial charge in [-0.2, -0.15) is 5.10 Å². The Bertz CT molecular complexity index is 512. The first-order valence-electron chi connectivity index (χ1n) is 6.47. The fraction of sp³-hybridized carbons (Fsp3) is 0.429. The van der Waals surface area contributed by atoms with E-state index in [2.05, 4.69) is 27.4 Å². The summed E-state index contributed by atoms with van der Waals surface area (Å²) in [6.45, 7) is 4.37. The molecule has 1 fully saturated rings. The smallest absolute Gasteiger partial charge is 0.181 e. The van der Waals surface area contributed by atoms with Crippen molar-refractivity contribution in [3.05, 3.63) is 36.2 Å². The van der Waals surface area contributed by atoms with E-state index in [-0.39, 0.29) is 5.41 Å². The zero-order chi connectivity index (χ0) is 12.4. The third kappa shape index (κ3) is 2.04. The van der Waals surface area contributed by atoms with Crippen molar-refractivity contribution in [2.75, 3.05) is 13.1 Å². The maximum Gasteiger partial charge on any atom is 0.181 e. The molecule has 0 bridgehead atoms. The molecule has 2 N–H and O–H groups in total. The van der Waals surface area contributed by atoms with Crippen molar-refractivity contribution in [3.63, 3.8) is 0 Å². The van der Waals surface area contributed by atoms with Crippen molar-refractivity contribution >= 4 is 0 Å². The average Bonchev–Trinajstić information content (AvgIpc) is 2.91.